The van der Waals surface area contributed by atoms with Crippen LogP contribution in [0, 0.1) is 13.8 Å². The van der Waals surface area contributed by atoms with Crippen LogP contribution in [0.4, 0.5) is 0 Å². The Hall–Kier alpha value is -1.94. The lowest BCUT2D eigenvalue weighted by molar-refractivity contribution is 0.0992. The van der Waals surface area contributed by atoms with Crippen LogP contribution in [-0.2, 0) is 34.9 Å². The number of carbonyl (C=O) groups excluding carboxylic acids is 1. The minimum Gasteiger partial charge on any atom is -0.294 e. The number of carbonyl (C=O) groups is 1. The van der Waals surface area contributed by atoms with Crippen molar-refractivity contribution < 1.29 is 13.2 Å². The first-order valence-corrected chi connectivity index (χ1v) is 11.6. The predicted molar refractivity (Wildman–Crippen MR) is 115 cm³/mol. The third-order valence-electron chi connectivity index (χ3n) is 5.94. The lowest BCUT2D eigenvalue weighted by Crippen LogP contribution is -2.29. The van der Waals surface area contributed by atoms with Gasteiger partial charge in [0.05, 0.1) is 10.5 Å². The first-order valence-electron chi connectivity index (χ1n) is 9.95. The number of ketones is 1. The molecule has 2 aromatic carbocycles. The van der Waals surface area contributed by atoms with Crippen LogP contribution < -0.4 is 0 Å². The second kappa shape index (κ2) is 7.47. The molecule has 0 heterocycles. The molecule has 0 radical (unpaired) electrons. The zero-order valence-corrected chi connectivity index (χ0v) is 18.4. The lowest BCUT2D eigenvalue weighted by Gasteiger charge is -2.19. The van der Waals surface area contributed by atoms with Crippen LogP contribution in [0.5, 0.6) is 0 Å². The van der Waals surface area contributed by atoms with Gasteiger partial charge >= 0.3 is 0 Å². The topological polar surface area (TPSA) is 51.2 Å². The third-order valence-corrected chi connectivity index (χ3v) is 8.51. The van der Waals surface area contributed by atoms with Gasteiger partial charge in [0.1, 0.15) is 0 Å². The molecule has 150 valence electrons. The molecule has 0 bridgehead atoms. The van der Waals surface area contributed by atoms with Crippen LogP contribution in [0.15, 0.2) is 30.3 Å². The standard InChI is InChI=1S/C24H30O3S/c1-16-13-20(17(2)22-8-6-7-21(16)22)14-23(25)19-11-9-18(10-12-19)15-28(26,27)24(3,4)5/h9-13H,6-8,14-15H2,1-5H3. The molecule has 0 aliphatic heterocycles. The third kappa shape index (κ3) is 4.07. The number of hydrogen-bond acceptors (Lipinski definition) is 3. The highest BCUT2D eigenvalue weighted by Crippen LogP contribution is 2.31. The van der Waals surface area contributed by atoms with Gasteiger partial charge in [-0.25, -0.2) is 8.42 Å². The van der Waals surface area contributed by atoms with E-state index < -0.39 is 14.6 Å². The maximum Gasteiger partial charge on any atom is 0.167 e. The number of fused-ring (bicyclic) bond motifs is 1. The fraction of sp³-hybridized carbons (Fsp3) is 0.458. The summed E-state index contributed by atoms with van der Waals surface area (Å²) in [6.07, 6.45) is 3.85. The van der Waals surface area contributed by atoms with Crippen LogP contribution >= 0.6 is 0 Å². The normalized spacial score (nSPS) is 14.2. The fourth-order valence-corrected chi connectivity index (χ4v) is 4.99. The molecule has 0 spiro atoms. The Morgan fingerprint density at radius 3 is 2.21 bits per heavy atom. The van der Waals surface area contributed by atoms with E-state index >= 15 is 0 Å². The summed E-state index contributed by atoms with van der Waals surface area (Å²) in [5.74, 6) is 0.0688. The molecule has 0 saturated carbocycles. The Labute approximate surface area is 169 Å². The van der Waals surface area contributed by atoms with Crippen molar-refractivity contribution in [1.29, 1.82) is 0 Å². The molecule has 0 atom stereocenters. The predicted octanol–water partition coefficient (Wildman–Crippen LogP) is 4.93. The first-order chi connectivity index (χ1) is 13.0. The second-order valence-electron chi connectivity index (χ2n) is 8.96. The Balaban J connectivity index is 1.77. The summed E-state index contributed by atoms with van der Waals surface area (Å²) in [6, 6.07) is 9.20. The van der Waals surface area contributed by atoms with Crippen LogP contribution in [-0.4, -0.2) is 18.9 Å². The van der Waals surface area contributed by atoms with E-state index in [0.717, 1.165) is 24.0 Å². The Bertz CT molecular complexity index is 1010. The molecule has 3 nitrogen and oxygen atoms in total. The van der Waals surface area contributed by atoms with E-state index in [-0.39, 0.29) is 11.5 Å². The zero-order chi connectivity index (χ0) is 20.7. The highest BCUT2D eigenvalue weighted by Gasteiger charge is 2.29. The van der Waals surface area contributed by atoms with Gasteiger partial charge < -0.3 is 0 Å². The minimum absolute atomic E-state index is 0.00586. The second-order valence-corrected chi connectivity index (χ2v) is 11.7. The average molecular weight is 399 g/mol. The average Bonchev–Trinajstić information content (AvgIpc) is 3.09. The molecule has 0 amide bonds. The lowest BCUT2D eigenvalue weighted by atomic mass is 9.91. The summed E-state index contributed by atoms with van der Waals surface area (Å²) in [5, 5.41) is 0. The summed E-state index contributed by atoms with van der Waals surface area (Å²) < 4.78 is 24.0. The maximum absolute atomic E-state index is 12.8. The van der Waals surface area contributed by atoms with Crippen molar-refractivity contribution in [3.8, 4) is 0 Å². The number of hydrogen-bond donors (Lipinski definition) is 0. The van der Waals surface area contributed by atoms with Crippen molar-refractivity contribution >= 4 is 15.6 Å². The van der Waals surface area contributed by atoms with Crippen molar-refractivity contribution in [1.82, 2.24) is 0 Å². The molecule has 0 unspecified atom stereocenters. The van der Waals surface area contributed by atoms with Crippen molar-refractivity contribution in [3.63, 3.8) is 0 Å². The number of Topliss-reactive ketones (excluding diaryl/α,β-unsaturated/α-hetero) is 1. The molecule has 0 saturated heterocycles. The fourth-order valence-electron chi connectivity index (χ4n) is 3.92. The summed E-state index contributed by atoms with van der Waals surface area (Å²) in [7, 11) is -3.23. The minimum atomic E-state index is -3.23. The molecular formula is C24H30O3S. The zero-order valence-electron chi connectivity index (χ0n) is 17.6. The first kappa shape index (κ1) is 20.8. The van der Waals surface area contributed by atoms with Crippen molar-refractivity contribution in [2.45, 2.75) is 70.8 Å². The molecule has 2 aromatic rings. The SMILES string of the molecule is Cc1cc(CC(=O)c2ccc(CS(=O)(=O)C(C)(C)C)cc2)c(C)c2c1CCC2. The van der Waals surface area contributed by atoms with Crippen molar-refractivity contribution in [2.75, 3.05) is 0 Å². The summed E-state index contributed by atoms with van der Waals surface area (Å²) >= 11 is 0. The molecule has 0 N–H and O–H groups in total. The van der Waals surface area contributed by atoms with Gasteiger partial charge in [-0.1, -0.05) is 30.3 Å². The molecule has 1 aliphatic carbocycles. The van der Waals surface area contributed by atoms with Gasteiger partial charge in [0, 0.05) is 12.0 Å². The van der Waals surface area contributed by atoms with Crippen molar-refractivity contribution in [3.05, 3.63) is 69.3 Å². The maximum atomic E-state index is 12.8. The molecule has 0 fully saturated rings. The molecule has 0 aromatic heterocycles. The largest absolute Gasteiger partial charge is 0.294 e. The Morgan fingerprint density at radius 2 is 1.61 bits per heavy atom. The van der Waals surface area contributed by atoms with Gasteiger partial charge in [0.2, 0.25) is 0 Å². The van der Waals surface area contributed by atoms with E-state index in [1.54, 1.807) is 45.0 Å². The number of aryl methyl sites for hydroxylation is 1. The number of rotatable bonds is 5. The van der Waals surface area contributed by atoms with Gasteiger partial charge in [-0.2, -0.15) is 0 Å². The molecular weight excluding hydrogens is 368 g/mol. The number of benzene rings is 2. The molecule has 3 rings (SSSR count). The highest BCUT2D eigenvalue weighted by molar-refractivity contribution is 7.91. The van der Waals surface area contributed by atoms with E-state index in [1.807, 2.05) is 0 Å². The quantitative estimate of drug-likeness (QED) is 0.671. The van der Waals surface area contributed by atoms with E-state index in [2.05, 4.69) is 19.9 Å². The van der Waals surface area contributed by atoms with Crippen LogP contribution in [0.1, 0.15) is 70.9 Å². The van der Waals surface area contributed by atoms with Gasteiger partial charge in [0.25, 0.3) is 0 Å². The molecule has 1 aliphatic rings. The van der Waals surface area contributed by atoms with Gasteiger partial charge in [0.15, 0.2) is 15.6 Å². The molecule has 28 heavy (non-hydrogen) atoms. The van der Waals surface area contributed by atoms with Crippen molar-refractivity contribution in [2.24, 2.45) is 0 Å². The van der Waals surface area contributed by atoms with Gasteiger partial charge in [-0.3, -0.25) is 4.79 Å². The van der Waals surface area contributed by atoms with Gasteiger partial charge in [-0.05, 0) is 87.3 Å². The van der Waals surface area contributed by atoms with Crippen LogP contribution in [0.25, 0.3) is 0 Å². The smallest absolute Gasteiger partial charge is 0.167 e. The Kier molecular flexibility index (Phi) is 5.55. The summed E-state index contributed by atoms with van der Waals surface area (Å²) in [4.78, 5) is 12.8. The summed E-state index contributed by atoms with van der Waals surface area (Å²) in [5.41, 5.74) is 7.93. The summed E-state index contributed by atoms with van der Waals surface area (Å²) in [6.45, 7) is 9.40. The molecule has 4 heteroatoms. The highest BCUT2D eigenvalue weighted by atomic mass is 32.2. The van der Waals surface area contributed by atoms with E-state index in [4.69, 9.17) is 0 Å². The van der Waals surface area contributed by atoms with E-state index in [9.17, 15) is 13.2 Å². The van der Waals surface area contributed by atoms with Gasteiger partial charge in [-0.15, -0.1) is 0 Å². The number of sulfone groups is 1. The Morgan fingerprint density at radius 1 is 1.00 bits per heavy atom. The monoisotopic (exact) mass is 398 g/mol. The van der Waals surface area contributed by atoms with E-state index in [0.29, 0.717) is 12.0 Å². The van der Waals surface area contributed by atoms with Crippen LogP contribution in [0.3, 0.4) is 0 Å². The van der Waals surface area contributed by atoms with E-state index in [1.165, 1.54) is 28.7 Å². The van der Waals surface area contributed by atoms with Crippen LogP contribution in [0.2, 0.25) is 0 Å².